The van der Waals surface area contributed by atoms with E-state index < -0.39 is 15.9 Å². The standard InChI is InChI=1S/C14H13N5O3S/c1-23(21,22)18-11-6-4-5-10(9-11)13(20)15-14-17-16-12-7-2-3-8-19(12)14/h2-9,18H,1H3,(H,15,17,20). The third-order valence-corrected chi connectivity index (χ3v) is 3.57. The van der Waals surface area contributed by atoms with E-state index in [1.807, 2.05) is 6.07 Å². The van der Waals surface area contributed by atoms with Gasteiger partial charge in [-0.2, -0.15) is 0 Å². The molecule has 1 amide bonds. The van der Waals surface area contributed by atoms with Crippen LogP contribution in [0.25, 0.3) is 5.65 Å². The molecule has 0 aliphatic rings. The number of amides is 1. The number of benzene rings is 1. The Morgan fingerprint density at radius 3 is 2.74 bits per heavy atom. The molecule has 3 rings (SSSR count). The van der Waals surface area contributed by atoms with E-state index in [0.717, 1.165) is 6.26 Å². The first-order valence-electron chi connectivity index (χ1n) is 6.61. The summed E-state index contributed by atoms with van der Waals surface area (Å²) in [6.45, 7) is 0. The van der Waals surface area contributed by atoms with E-state index in [4.69, 9.17) is 0 Å². The molecule has 0 atom stereocenters. The smallest absolute Gasteiger partial charge is 0.258 e. The lowest BCUT2D eigenvalue weighted by atomic mass is 10.2. The molecule has 0 spiro atoms. The van der Waals surface area contributed by atoms with Crippen LogP contribution in [0.3, 0.4) is 0 Å². The third kappa shape index (κ3) is 3.46. The summed E-state index contributed by atoms with van der Waals surface area (Å²) in [6.07, 6.45) is 2.77. The second-order valence-corrected chi connectivity index (χ2v) is 6.61. The zero-order chi connectivity index (χ0) is 16.4. The molecule has 3 aromatic rings. The van der Waals surface area contributed by atoms with E-state index in [1.54, 1.807) is 40.9 Å². The first-order valence-corrected chi connectivity index (χ1v) is 8.50. The first-order chi connectivity index (χ1) is 10.9. The second-order valence-electron chi connectivity index (χ2n) is 4.86. The Bertz CT molecular complexity index is 981. The molecule has 2 heterocycles. The van der Waals surface area contributed by atoms with Crippen molar-refractivity contribution in [1.29, 1.82) is 0 Å². The number of sulfonamides is 1. The van der Waals surface area contributed by atoms with Gasteiger partial charge in [-0.1, -0.05) is 12.1 Å². The lowest BCUT2D eigenvalue weighted by Crippen LogP contribution is -2.15. The summed E-state index contributed by atoms with van der Waals surface area (Å²) in [5.41, 5.74) is 1.22. The summed E-state index contributed by atoms with van der Waals surface area (Å²) in [5.74, 6) is -0.132. The van der Waals surface area contributed by atoms with Crippen LogP contribution in [0.1, 0.15) is 10.4 Å². The Hall–Kier alpha value is -2.94. The van der Waals surface area contributed by atoms with Crippen molar-refractivity contribution in [3.05, 3.63) is 54.2 Å². The monoisotopic (exact) mass is 331 g/mol. The van der Waals surface area contributed by atoms with Crippen LogP contribution in [0.5, 0.6) is 0 Å². The quantitative estimate of drug-likeness (QED) is 0.751. The van der Waals surface area contributed by atoms with E-state index in [-0.39, 0.29) is 5.95 Å². The van der Waals surface area contributed by atoms with Gasteiger partial charge in [0.25, 0.3) is 5.91 Å². The molecule has 8 nitrogen and oxygen atoms in total. The maximum atomic E-state index is 12.3. The van der Waals surface area contributed by atoms with Crippen LogP contribution in [0, 0.1) is 0 Å². The van der Waals surface area contributed by atoms with Gasteiger partial charge in [0, 0.05) is 17.4 Å². The summed E-state index contributed by atoms with van der Waals surface area (Å²) < 4.78 is 26.5. The minimum Gasteiger partial charge on any atom is -0.290 e. The van der Waals surface area contributed by atoms with Crippen molar-refractivity contribution in [2.24, 2.45) is 0 Å². The van der Waals surface area contributed by atoms with Crippen LogP contribution >= 0.6 is 0 Å². The lowest BCUT2D eigenvalue weighted by Gasteiger charge is -2.07. The zero-order valence-corrected chi connectivity index (χ0v) is 12.9. The molecule has 1 aromatic carbocycles. The molecule has 0 radical (unpaired) electrons. The molecule has 0 bridgehead atoms. The fourth-order valence-corrected chi connectivity index (χ4v) is 2.59. The molecular formula is C14H13N5O3S. The summed E-state index contributed by atoms with van der Waals surface area (Å²) in [7, 11) is -3.41. The maximum Gasteiger partial charge on any atom is 0.258 e. The van der Waals surface area contributed by atoms with Crippen LogP contribution in [0.2, 0.25) is 0 Å². The van der Waals surface area contributed by atoms with Crippen LogP contribution in [-0.2, 0) is 10.0 Å². The number of aromatic nitrogens is 3. The number of fused-ring (bicyclic) bond motifs is 1. The number of rotatable bonds is 4. The Balaban J connectivity index is 1.85. The molecule has 9 heteroatoms. The molecule has 0 aliphatic carbocycles. The van der Waals surface area contributed by atoms with Gasteiger partial charge in [-0.15, -0.1) is 10.2 Å². The molecule has 0 aliphatic heterocycles. The highest BCUT2D eigenvalue weighted by Gasteiger charge is 2.12. The van der Waals surface area contributed by atoms with Gasteiger partial charge >= 0.3 is 0 Å². The lowest BCUT2D eigenvalue weighted by molar-refractivity contribution is 0.102. The first kappa shape index (κ1) is 15.0. The predicted molar refractivity (Wildman–Crippen MR) is 85.8 cm³/mol. The Morgan fingerprint density at radius 1 is 1.13 bits per heavy atom. The molecular weight excluding hydrogens is 318 g/mol. The fraction of sp³-hybridized carbons (Fsp3) is 0.0714. The maximum absolute atomic E-state index is 12.3. The predicted octanol–water partition coefficient (Wildman–Crippen LogP) is 1.35. The van der Waals surface area contributed by atoms with Gasteiger partial charge in [-0.05, 0) is 30.3 Å². The van der Waals surface area contributed by atoms with Gasteiger partial charge < -0.3 is 0 Å². The normalized spacial score (nSPS) is 11.3. The average Bonchev–Trinajstić information content (AvgIpc) is 2.89. The Kier molecular flexibility index (Phi) is 3.70. The van der Waals surface area contributed by atoms with E-state index in [0.29, 0.717) is 16.9 Å². The van der Waals surface area contributed by atoms with Crippen molar-refractivity contribution in [3.8, 4) is 0 Å². The van der Waals surface area contributed by atoms with Gasteiger partial charge in [-0.25, -0.2) is 8.42 Å². The number of nitrogens with one attached hydrogen (secondary N) is 2. The van der Waals surface area contributed by atoms with E-state index >= 15 is 0 Å². The minimum absolute atomic E-state index is 0.284. The molecule has 118 valence electrons. The van der Waals surface area contributed by atoms with Crippen LogP contribution in [0.4, 0.5) is 11.6 Å². The molecule has 2 aromatic heterocycles. The van der Waals surface area contributed by atoms with E-state index in [1.165, 1.54) is 6.07 Å². The van der Waals surface area contributed by atoms with Gasteiger partial charge in [-0.3, -0.25) is 19.2 Å². The van der Waals surface area contributed by atoms with Crippen molar-refractivity contribution < 1.29 is 13.2 Å². The van der Waals surface area contributed by atoms with Gasteiger partial charge in [0.15, 0.2) is 5.65 Å². The highest BCUT2D eigenvalue weighted by molar-refractivity contribution is 7.92. The summed E-state index contributed by atoms with van der Waals surface area (Å²) >= 11 is 0. The molecule has 0 unspecified atom stereocenters. The molecule has 2 N–H and O–H groups in total. The highest BCUT2D eigenvalue weighted by Crippen LogP contribution is 2.14. The summed E-state index contributed by atoms with van der Waals surface area (Å²) in [6, 6.07) is 11.5. The SMILES string of the molecule is CS(=O)(=O)Nc1cccc(C(=O)Nc2nnc3ccccn23)c1. The van der Waals surface area contributed by atoms with Gasteiger partial charge in [0.2, 0.25) is 16.0 Å². The van der Waals surface area contributed by atoms with Crippen molar-refractivity contribution >= 4 is 33.2 Å². The molecule has 23 heavy (non-hydrogen) atoms. The second kappa shape index (κ2) is 5.69. The summed E-state index contributed by atoms with van der Waals surface area (Å²) in [5, 5.41) is 10.5. The third-order valence-electron chi connectivity index (χ3n) is 2.97. The minimum atomic E-state index is -3.41. The van der Waals surface area contributed by atoms with E-state index in [2.05, 4.69) is 20.2 Å². The van der Waals surface area contributed by atoms with Crippen molar-refractivity contribution in [1.82, 2.24) is 14.6 Å². The van der Waals surface area contributed by atoms with Crippen LogP contribution < -0.4 is 10.0 Å². The average molecular weight is 331 g/mol. The van der Waals surface area contributed by atoms with Gasteiger partial charge in [0.1, 0.15) is 0 Å². The number of carbonyl (C=O) groups excluding carboxylic acids is 1. The number of hydrogen-bond acceptors (Lipinski definition) is 5. The zero-order valence-electron chi connectivity index (χ0n) is 12.1. The number of pyridine rings is 1. The number of carbonyl (C=O) groups is 1. The summed E-state index contributed by atoms with van der Waals surface area (Å²) in [4.78, 5) is 12.3. The van der Waals surface area contributed by atoms with Crippen molar-refractivity contribution in [3.63, 3.8) is 0 Å². The largest absolute Gasteiger partial charge is 0.290 e. The topological polar surface area (TPSA) is 105 Å². The van der Waals surface area contributed by atoms with Gasteiger partial charge in [0.05, 0.1) is 6.26 Å². The van der Waals surface area contributed by atoms with Crippen molar-refractivity contribution in [2.75, 3.05) is 16.3 Å². The van der Waals surface area contributed by atoms with Crippen LogP contribution in [0.15, 0.2) is 48.7 Å². The van der Waals surface area contributed by atoms with Crippen molar-refractivity contribution in [2.45, 2.75) is 0 Å². The number of hydrogen-bond donors (Lipinski definition) is 2. The number of nitrogens with zero attached hydrogens (tertiary/aromatic N) is 3. The molecule has 0 fully saturated rings. The Labute approximate surface area is 132 Å². The molecule has 0 saturated carbocycles. The molecule has 0 saturated heterocycles. The Morgan fingerprint density at radius 2 is 1.96 bits per heavy atom. The van der Waals surface area contributed by atoms with E-state index in [9.17, 15) is 13.2 Å². The fourth-order valence-electron chi connectivity index (χ4n) is 2.04. The highest BCUT2D eigenvalue weighted by atomic mass is 32.2. The number of anilines is 2. The van der Waals surface area contributed by atoms with Crippen LogP contribution in [-0.4, -0.2) is 35.2 Å².